The fourth-order valence-corrected chi connectivity index (χ4v) is 3.96. The predicted octanol–water partition coefficient (Wildman–Crippen LogP) is 5.13. The maximum atomic E-state index is 12.8. The SMILES string of the molecule is CCN(C(=O)CSCc1ccccc1OC)c1cccc2ccccc12. The van der Waals surface area contributed by atoms with E-state index in [9.17, 15) is 4.79 Å². The number of ether oxygens (including phenoxy) is 1. The van der Waals surface area contributed by atoms with Gasteiger partial charge in [-0.05, 0) is 24.4 Å². The lowest BCUT2D eigenvalue weighted by Crippen LogP contribution is -2.32. The van der Waals surface area contributed by atoms with E-state index in [1.165, 1.54) is 0 Å². The van der Waals surface area contributed by atoms with Crippen LogP contribution in [0.1, 0.15) is 12.5 Å². The quantitative estimate of drug-likeness (QED) is 0.581. The Hall–Kier alpha value is -2.46. The Morgan fingerprint density at radius 2 is 1.73 bits per heavy atom. The minimum atomic E-state index is 0.128. The van der Waals surface area contributed by atoms with E-state index in [0.717, 1.165) is 33.5 Å². The van der Waals surface area contributed by atoms with E-state index in [1.54, 1.807) is 18.9 Å². The Kier molecular flexibility index (Phi) is 6.18. The first-order chi connectivity index (χ1) is 12.7. The van der Waals surface area contributed by atoms with Gasteiger partial charge in [-0.3, -0.25) is 4.79 Å². The van der Waals surface area contributed by atoms with Crippen LogP contribution in [0.3, 0.4) is 0 Å². The third kappa shape index (κ3) is 4.02. The van der Waals surface area contributed by atoms with E-state index in [2.05, 4.69) is 18.2 Å². The van der Waals surface area contributed by atoms with Crippen molar-refractivity contribution in [2.75, 3.05) is 24.3 Å². The average Bonchev–Trinajstić information content (AvgIpc) is 2.69. The van der Waals surface area contributed by atoms with Crippen molar-refractivity contribution < 1.29 is 9.53 Å². The van der Waals surface area contributed by atoms with Crippen LogP contribution in [0.5, 0.6) is 5.75 Å². The molecule has 0 aliphatic heterocycles. The summed E-state index contributed by atoms with van der Waals surface area (Å²) in [5, 5.41) is 2.26. The number of nitrogens with zero attached hydrogens (tertiary/aromatic N) is 1. The fourth-order valence-electron chi connectivity index (χ4n) is 3.07. The molecule has 1 amide bonds. The molecule has 0 fully saturated rings. The zero-order chi connectivity index (χ0) is 18.4. The number of rotatable bonds is 7. The first kappa shape index (κ1) is 18.3. The van der Waals surface area contributed by atoms with Gasteiger partial charge in [-0.1, -0.05) is 54.6 Å². The number of carbonyl (C=O) groups excluding carboxylic acids is 1. The summed E-state index contributed by atoms with van der Waals surface area (Å²) >= 11 is 1.62. The van der Waals surface area contributed by atoms with Gasteiger partial charge in [0.25, 0.3) is 0 Å². The summed E-state index contributed by atoms with van der Waals surface area (Å²) in [5.41, 5.74) is 2.09. The van der Waals surface area contributed by atoms with Crippen molar-refractivity contribution in [1.29, 1.82) is 0 Å². The molecular weight excluding hydrogens is 342 g/mol. The topological polar surface area (TPSA) is 29.5 Å². The normalized spacial score (nSPS) is 10.7. The van der Waals surface area contributed by atoms with E-state index in [4.69, 9.17) is 4.74 Å². The van der Waals surface area contributed by atoms with Crippen LogP contribution < -0.4 is 9.64 Å². The number of para-hydroxylation sites is 1. The Morgan fingerprint density at radius 3 is 2.54 bits per heavy atom. The molecule has 3 aromatic rings. The molecule has 0 bridgehead atoms. The molecule has 0 spiro atoms. The van der Waals surface area contributed by atoms with Crippen LogP contribution in [-0.4, -0.2) is 25.3 Å². The number of thioether (sulfide) groups is 1. The minimum Gasteiger partial charge on any atom is -0.496 e. The highest BCUT2D eigenvalue weighted by atomic mass is 32.2. The van der Waals surface area contributed by atoms with Crippen molar-refractivity contribution in [3.8, 4) is 5.75 Å². The Labute approximate surface area is 159 Å². The Bertz CT molecular complexity index is 889. The van der Waals surface area contributed by atoms with Crippen LogP contribution >= 0.6 is 11.8 Å². The smallest absolute Gasteiger partial charge is 0.236 e. The molecule has 0 aromatic heterocycles. The molecule has 0 radical (unpaired) electrons. The molecule has 26 heavy (non-hydrogen) atoms. The van der Waals surface area contributed by atoms with Gasteiger partial charge in [-0.2, -0.15) is 0 Å². The molecule has 0 saturated carbocycles. The number of fused-ring (bicyclic) bond motifs is 1. The molecule has 134 valence electrons. The summed E-state index contributed by atoms with van der Waals surface area (Å²) in [5.74, 6) is 2.19. The van der Waals surface area contributed by atoms with Crippen molar-refractivity contribution in [3.63, 3.8) is 0 Å². The fraction of sp³-hybridized carbons (Fsp3) is 0.227. The van der Waals surface area contributed by atoms with E-state index in [0.29, 0.717) is 12.3 Å². The van der Waals surface area contributed by atoms with Gasteiger partial charge in [0.2, 0.25) is 5.91 Å². The Morgan fingerprint density at radius 1 is 1.00 bits per heavy atom. The van der Waals surface area contributed by atoms with Gasteiger partial charge in [-0.15, -0.1) is 11.8 Å². The van der Waals surface area contributed by atoms with Gasteiger partial charge in [-0.25, -0.2) is 0 Å². The monoisotopic (exact) mass is 365 g/mol. The molecule has 4 heteroatoms. The van der Waals surface area contributed by atoms with Crippen LogP contribution in [0, 0.1) is 0 Å². The van der Waals surface area contributed by atoms with E-state index < -0.39 is 0 Å². The Balaban J connectivity index is 1.71. The second kappa shape index (κ2) is 8.77. The van der Waals surface area contributed by atoms with Crippen molar-refractivity contribution in [2.24, 2.45) is 0 Å². The summed E-state index contributed by atoms with van der Waals surface area (Å²) in [6.07, 6.45) is 0. The van der Waals surface area contributed by atoms with Crippen LogP contribution in [0.15, 0.2) is 66.7 Å². The third-order valence-corrected chi connectivity index (χ3v) is 5.32. The number of hydrogen-bond donors (Lipinski definition) is 0. The minimum absolute atomic E-state index is 0.128. The number of amides is 1. The molecule has 3 rings (SSSR count). The molecule has 0 atom stereocenters. The van der Waals surface area contributed by atoms with Crippen LogP contribution in [0.2, 0.25) is 0 Å². The lowest BCUT2D eigenvalue weighted by atomic mass is 10.1. The highest BCUT2D eigenvalue weighted by molar-refractivity contribution is 7.99. The van der Waals surface area contributed by atoms with Gasteiger partial charge in [0.1, 0.15) is 5.75 Å². The van der Waals surface area contributed by atoms with E-state index >= 15 is 0 Å². The largest absolute Gasteiger partial charge is 0.496 e. The molecular formula is C22H23NO2S. The van der Waals surface area contributed by atoms with Gasteiger partial charge in [0, 0.05) is 23.2 Å². The van der Waals surface area contributed by atoms with Gasteiger partial charge < -0.3 is 9.64 Å². The standard InChI is InChI=1S/C22H23NO2S/c1-3-23(20-13-8-11-17-9-4-6-12-19(17)20)22(24)16-26-15-18-10-5-7-14-21(18)25-2/h4-14H,3,15-16H2,1-2H3. The average molecular weight is 365 g/mol. The van der Waals surface area contributed by atoms with Crippen molar-refractivity contribution >= 4 is 34.1 Å². The summed E-state index contributed by atoms with van der Waals surface area (Å²) < 4.78 is 5.38. The number of carbonyl (C=O) groups is 1. The summed E-state index contributed by atoms with van der Waals surface area (Å²) in [6.45, 7) is 2.67. The number of anilines is 1. The van der Waals surface area contributed by atoms with E-state index in [-0.39, 0.29) is 5.91 Å². The molecule has 0 N–H and O–H groups in total. The van der Waals surface area contributed by atoms with Gasteiger partial charge in [0.15, 0.2) is 0 Å². The first-order valence-electron chi connectivity index (χ1n) is 8.72. The summed E-state index contributed by atoms with van der Waals surface area (Å²) in [6, 6.07) is 22.2. The van der Waals surface area contributed by atoms with Gasteiger partial charge in [0.05, 0.1) is 18.6 Å². The van der Waals surface area contributed by atoms with Crippen molar-refractivity contribution in [1.82, 2.24) is 0 Å². The number of benzene rings is 3. The molecule has 0 aliphatic carbocycles. The van der Waals surface area contributed by atoms with Crippen LogP contribution in [0.25, 0.3) is 10.8 Å². The number of hydrogen-bond acceptors (Lipinski definition) is 3. The highest BCUT2D eigenvalue weighted by Gasteiger charge is 2.16. The van der Waals surface area contributed by atoms with Crippen LogP contribution in [-0.2, 0) is 10.5 Å². The van der Waals surface area contributed by atoms with Gasteiger partial charge >= 0.3 is 0 Å². The zero-order valence-electron chi connectivity index (χ0n) is 15.1. The zero-order valence-corrected chi connectivity index (χ0v) is 16.0. The van der Waals surface area contributed by atoms with E-state index in [1.807, 2.05) is 60.4 Å². The number of methoxy groups -OCH3 is 1. The van der Waals surface area contributed by atoms with Crippen molar-refractivity contribution in [3.05, 3.63) is 72.3 Å². The third-order valence-electron chi connectivity index (χ3n) is 4.35. The lowest BCUT2D eigenvalue weighted by molar-refractivity contribution is -0.116. The maximum absolute atomic E-state index is 12.8. The first-order valence-corrected chi connectivity index (χ1v) is 9.87. The molecule has 0 heterocycles. The molecule has 3 nitrogen and oxygen atoms in total. The molecule has 0 aliphatic rings. The second-order valence-corrected chi connectivity index (χ2v) is 6.93. The predicted molar refractivity (Wildman–Crippen MR) is 111 cm³/mol. The van der Waals surface area contributed by atoms with Crippen molar-refractivity contribution in [2.45, 2.75) is 12.7 Å². The molecule has 3 aromatic carbocycles. The summed E-state index contributed by atoms with van der Waals surface area (Å²) in [7, 11) is 1.67. The van der Waals surface area contributed by atoms with Crippen LogP contribution in [0.4, 0.5) is 5.69 Å². The second-order valence-electron chi connectivity index (χ2n) is 5.94. The highest BCUT2D eigenvalue weighted by Crippen LogP contribution is 2.28. The maximum Gasteiger partial charge on any atom is 0.236 e. The lowest BCUT2D eigenvalue weighted by Gasteiger charge is -2.22. The molecule has 0 unspecified atom stereocenters. The summed E-state index contributed by atoms with van der Waals surface area (Å²) in [4.78, 5) is 14.7. The molecule has 0 saturated heterocycles.